The van der Waals surface area contributed by atoms with Crippen LogP contribution in [0.5, 0.6) is 0 Å². The number of rotatable bonds is 5. The molecule has 2 atom stereocenters. The van der Waals surface area contributed by atoms with Crippen molar-refractivity contribution in [3.8, 4) is 0 Å². The predicted octanol–water partition coefficient (Wildman–Crippen LogP) is 4.64. The summed E-state index contributed by atoms with van der Waals surface area (Å²) in [5.74, 6) is 0.0716. The van der Waals surface area contributed by atoms with Crippen LogP contribution >= 0.6 is 0 Å². The molecular formula is C24H26N2O. The van der Waals surface area contributed by atoms with Gasteiger partial charge in [0.1, 0.15) is 0 Å². The normalized spacial score (nSPS) is 17.1. The molecule has 0 bridgehead atoms. The molecule has 1 aliphatic carbocycles. The molecule has 0 spiro atoms. The lowest BCUT2D eigenvalue weighted by Crippen LogP contribution is -2.37. The van der Waals surface area contributed by atoms with Gasteiger partial charge in [-0.25, -0.2) is 0 Å². The number of amides is 1. The summed E-state index contributed by atoms with van der Waals surface area (Å²) in [4.78, 5) is 14.9. The van der Waals surface area contributed by atoms with Crippen LogP contribution in [-0.4, -0.2) is 24.4 Å². The van der Waals surface area contributed by atoms with Crippen LogP contribution in [0.1, 0.15) is 42.1 Å². The van der Waals surface area contributed by atoms with Crippen molar-refractivity contribution in [3.63, 3.8) is 0 Å². The Morgan fingerprint density at radius 3 is 2.70 bits per heavy atom. The largest absolute Gasteiger partial charge is 0.348 e. The Hall–Kier alpha value is -2.65. The molecule has 3 aromatic carbocycles. The van der Waals surface area contributed by atoms with E-state index in [1.807, 2.05) is 12.1 Å². The molecule has 3 nitrogen and oxygen atoms in total. The molecule has 27 heavy (non-hydrogen) atoms. The second-order valence-electron chi connectivity index (χ2n) is 7.53. The van der Waals surface area contributed by atoms with E-state index in [1.54, 1.807) is 0 Å². The molecular weight excluding hydrogens is 332 g/mol. The monoisotopic (exact) mass is 358 g/mol. The Kier molecular flexibility index (Phi) is 4.95. The van der Waals surface area contributed by atoms with Crippen molar-refractivity contribution in [2.45, 2.75) is 31.8 Å². The van der Waals surface area contributed by atoms with Crippen LogP contribution in [0.25, 0.3) is 10.8 Å². The molecule has 3 heteroatoms. The molecule has 0 unspecified atom stereocenters. The first-order chi connectivity index (χ1) is 13.1. The van der Waals surface area contributed by atoms with Gasteiger partial charge in [-0.05, 0) is 54.3 Å². The molecule has 0 saturated heterocycles. The van der Waals surface area contributed by atoms with E-state index in [0.717, 1.165) is 18.4 Å². The Morgan fingerprint density at radius 2 is 1.81 bits per heavy atom. The minimum Gasteiger partial charge on any atom is -0.348 e. The van der Waals surface area contributed by atoms with Gasteiger partial charge in [0, 0.05) is 6.04 Å². The lowest BCUT2D eigenvalue weighted by molar-refractivity contribution is -0.123. The molecule has 0 fully saturated rings. The summed E-state index contributed by atoms with van der Waals surface area (Å²) in [5, 5.41) is 5.59. The maximum absolute atomic E-state index is 12.7. The van der Waals surface area contributed by atoms with Crippen molar-refractivity contribution in [1.82, 2.24) is 10.2 Å². The average molecular weight is 358 g/mol. The number of hydrogen-bond donors (Lipinski definition) is 1. The van der Waals surface area contributed by atoms with Crippen LogP contribution in [0, 0.1) is 0 Å². The van der Waals surface area contributed by atoms with Gasteiger partial charge in [-0.2, -0.15) is 0 Å². The highest BCUT2D eigenvalue weighted by Crippen LogP contribution is 2.34. The number of hydrogen-bond acceptors (Lipinski definition) is 2. The molecule has 1 N–H and O–H groups in total. The third kappa shape index (κ3) is 3.60. The summed E-state index contributed by atoms with van der Waals surface area (Å²) >= 11 is 0. The standard InChI is InChI=1S/C24H26N2O/c1-17(20-13-7-10-18-8-3-5-11-21(18)20)25-24(27)16-26(2)23-15-14-19-9-4-6-12-22(19)23/h3-13,17,23H,14-16H2,1-2H3,(H,25,27)/t17-,23-/m0/s1. The Labute approximate surface area is 161 Å². The molecule has 1 amide bonds. The Balaban J connectivity index is 1.43. The number of fused-ring (bicyclic) bond motifs is 2. The zero-order valence-electron chi connectivity index (χ0n) is 16.0. The molecule has 138 valence electrons. The zero-order valence-corrected chi connectivity index (χ0v) is 16.0. The maximum Gasteiger partial charge on any atom is 0.234 e. The molecule has 4 rings (SSSR count). The van der Waals surface area contributed by atoms with Crippen molar-refractivity contribution >= 4 is 16.7 Å². The molecule has 0 aliphatic heterocycles. The van der Waals surface area contributed by atoms with Crippen LogP contribution < -0.4 is 5.32 Å². The smallest absolute Gasteiger partial charge is 0.234 e. The molecule has 3 aromatic rings. The van der Waals surface area contributed by atoms with E-state index in [9.17, 15) is 4.79 Å². The van der Waals surface area contributed by atoms with Crippen LogP contribution in [0.15, 0.2) is 66.7 Å². The van der Waals surface area contributed by atoms with E-state index < -0.39 is 0 Å². The number of nitrogens with one attached hydrogen (secondary N) is 1. The number of nitrogens with zero attached hydrogens (tertiary/aromatic N) is 1. The fourth-order valence-corrected chi connectivity index (χ4v) is 4.32. The van der Waals surface area contributed by atoms with E-state index in [-0.39, 0.29) is 11.9 Å². The number of likely N-dealkylation sites (N-methyl/N-ethyl adjacent to an activating group) is 1. The summed E-state index contributed by atoms with van der Waals surface area (Å²) in [6.45, 7) is 2.47. The van der Waals surface area contributed by atoms with Gasteiger partial charge in [-0.1, -0.05) is 66.7 Å². The average Bonchev–Trinajstić information content (AvgIpc) is 3.11. The summed E-state index contributed by atoms with van der Waals surface area (Å²) in [6.07, 6.45) is 2.18. The lowest BCUT2D eigenvalue weighted by atomic mass is 9.99. The SMILES string of the molecule is C[C@H](NC(=O)CN(C)[C@H]1CCc2ccccc21)c1cccc2ccccc12. The lowest BCUT2D eigenvalue weighted by Gasteiger charge is -2.25. The molecule has 0 saturated carbocycles. The van der Waals surface area contributed by atoms with Gasteiger partial charge in [0.25, 0.3) is 0 Å². The summed E-state index contributed by atoms with van der Waals surface area (Å²) < 4.78 is 0. The van der Waals surface area contributed by atoms with E-state index in [0.29, 0.717) is 12.6 Å². The van der Waals surface area contributed by atoms with Crippen LogP contribution in [-0.2, 0) is 11.2 Å². The number of benzene rings is 3. The first-order valence-corrected chi connectivity index (χ1v) is 9.68. The highest BCUT2D eigenvalue weighted by Gasteiger charge is 2.26. The third-order valence-electron chi connectivity index (χ3n) is 5.69. The van der Waals surface area contributed by atoms with Crippen molar-refractivity contribution in [1.29, 1.82) is 0 Å². The molecule has 1 aliphatic rings. The zero-order chi connectivity index (χ0) is 18.8. The minimum atomic E-state index is -0.0205. The molecule has 0 heterocycles. The number of aryl methyl sites for hydroxylation is 1. The van der Waals surface area contributed by atoms with Gasteiger partial charge < -0.3 is 5.32 Å². The summed E-state index contributed by atoms with van der Waals surface area (Å²) in [7, 11) is 2.05. The Morgan fingerprint density at radius 1 is 1.07 bits per heavy atom. The van der Waals surface area contributed by atoms with Gasteiger partial charge in [0.15, 0.2) is 0 Å². The number of carbonyl (C=O) groups is 1. The second kappa shape index (κ2) is 7.53. The van der Waals surface area contributed by atoms with Gasteiger partial charge in [0.05, 0.1) is 12.6 Å². The van der Waals surface area contributed by atoms with Crippen molar-refractivity contribution in [3.05, 3.63) is 83.4 Å². The van der Waals surface area contributed by atoms with E-state index in [1.165, 1.54) is 21.9 Å². The predicted molar refractivity (Wildman–Crippen MR) is 111 cm³/mol. The first kappa shape index (κ1) is 17.7. The topological polar surface area (TPSA) is 32.3 Å². The van der Waals surface area contributed by atoms with Crippen LogP contribution in [0.3, 0.4) is 0 Å². The van der Waals surface area contributed by atoms with Crippen LogP contribution in [0.4, 0.5) is 0 Å². The van der Waals surface area contributed by atoms with Crippen molar-refractivity contribution < 1.29 is 4.79 Å². The van der Waals surface area contributed by atoms with Gasteiger partial charge in [-0.3, -0.25) is 9.69 Å². The third-order valence-corrected chi connectivity index (χ3v) is 5.69. The fraction of sp³-hybridized carbons (Fsp3) is 0.292. The van der Waals surface area contributed by atoms with E-state index >= 15 is 0 Å². The fourth-order valence-electron chi connectivity index (χ4n) is 4.32. The molecule has 0 aromatic heterocycles. The number of carbonyl (C=O) groups excluding carboxylic acids is 1. The summed E-state index contributed by atoms with van der Waals surface area (Å²) in [5.41, 5.74) is 3.95. The second-order valence-corrected chi connectivity index (χ2v) is 7.53. The highest BCUT2D eigenvalue weighted by atomic mass is 16.2. The molecule has 0 radical (unpaired) electrons. The Bertz CT molecular complexity index is 960. The first-order valence-electron chi connectivity index (χ1n) is 9.68. The van der Waals surface area contributed by atoms with Crippen molar-refractivity contribution in [2.24, 2.45) is 0 Å². The van der Waals surface area contributed by atoms with Crippen LogP contribution in [0.2, 0.25) is 0 Å². The minimum absolute atomic E-state index is 0.0205. The van der Waals surface area contributed by atoms with Gasteiger partial charge >= 0.3 is 0 Å². The van der Waals surface area contributed by atoms with Crippen molar-refractivity contribution in [2.75, 3.05) is 13.6 Å². The quantitative estimate of drug-likeness (QED) is 0.721. The van der Waals surface area contributed by atoms with E-state index in [2.05, 4.69) is 78.8 Å². The van der Waals surface area contributed by atoms with Gasteiger partial charge in [-0.15, -0.1) is 0 Å². The highest BCUT2D eigenvalue weighted by molar-refractivity contribution is 5.87. The van der Waals surface area contributed by atoms with E-state index in [4.69, 9.17) is 0 Å². The maximum atomic E-state index is 12.7. The van der Waals surface area contributed by atoms with Gasteiger partial charge in [0.2, 0.25) is 5.91 Å². The summed E-state index contributed by atoms with van der Waals surface area (Å²) in [6, 6.07) is 23.5.